The van der Waals surface area contributed by atoms with Crippen LogP contribution in [0.3, 0.4) is 0 Å². The topological polar surface area (TPSA) is 4.36 Å². The number of benzene rings is 1. The van der Waals surface area contributed by atoms with E-state index < -0.39 is 0 Å². The number of nitrogens with zero attached hydrogens (tertiary/aromatic N) is 1. The van der Waals surface area contributed by atoms with E-state index >= 15 is 0 Å². The third-order valence-electron chi connectivity index (χ3n) is 1.89. The summed E-state index contributed by atoms with van der Waals surface area (Å²) in [5.41, 5.74) is 1.97. The summed E-state index contributed by atoms with van der Waals surface area (Å²) in [5.74, 6) is 0. The molecule has 0 N–H and O–H groups in total. The molecule has 0 spiro atoms. The van der Waals surface area contributed by atoms with Gasteiger partial charge in [0.2, 0.25) is 0 Å². The highest BCUT2D eigenvalue weighted by Gasteiger charge is 2.16. The van der Waals surface area contributed by atoms with Crippen LogP contribution in [0.25, 0.3) is 4.85 Å². The zero-order valence-corrected chi connectivity index (χ0v) is 9.64. The molecule has 0 heterocycles. The molecule has 0 bridgehead atoms. The molecule has 0 fully saturated rings. The Morgan fingerprint density at radius 3 is 2.38 bits per heavy atom. The van der Waals surface area contributed by atoms with E-state index in [9.17, 15) is 0 Å². The molecular weight excluding hydrogens is 226 g/mol. The van der Waals surface area contributed by atoms with Gasteiger partial charge in [0.05, 0.1) is 6.57 Å². The van der Waals surface area contributed by atoms with Gasteiger partial charge in [-0.25, -0.2) is 4.85 Å². The highest BCUT2D eigenvalue weighted by Crippen LogP contribution is 2.32. The Morgan fingerprint density at radius 2 is 1.92 bits per heavy atom. The lowest BCUT2D eigenvalue weighted by molar-refractivity contribution is 0.587. The van der Waals surface area contributed by atoms with Crippen LogP contribution in [0.4, 0.5) is 5.69 Å². The SMILES string of the molecule is [C-]#[N+]c1ccc(Br)c(C(C)(C)C)c1. The quantitative estimate of drug-likeness (QED) is 0.593. The van der Waals surface area contributed by atoms with Crippen LogP contribution in [0, 0.1) is 6.57 Å². The van der Waals surface area contributed by atoms with Gasteiger partial charge >= 0.3 is 0 Å². The third-order valence-corrected chi connectivity index (χ3v) is 2.58. The van der Waals surface area contributed by atoms with Crippen molar-refractivity contribution in [2.45, 2.75) is 26.2 Å². The van der Waals surface area contributed by atoms with E-state index in [2.05, 4.69) is 41.5 Å². The Labute approximate surface area is 87.7 Å². The summed E-state index contributed by atoms with van der Waals surface area (Å²) in [4.78, 5) is 3.42. The smallest absolute Gasteiger partial charge is 0.187 e. The molecular formula is C11H12BrN. The normalized spacial score (nSPS) is 11.0. The second-order valence-electron chi connectivity index (χ2n) is 4.03. The molecule has 2 heteroatoms. The number of hydrogen-bond donors (Lipinski definition) is 0. The molecule has 0 aliphatic carbocycles. The van der Waals surface area contributed by atoms with Crippen LogP contribution in [-0.2, 0) is 5.41 Å². The molecule has 1 aromatic carbocycles. The number of hydrogen-bond acceptors (Lipinski definition) is 0. The fourth-order valence-electron chi connectivity index (χ4n) is 1.16. The van der Waals surface area contributed by atoms with Crippen molar-refractivity contribution >= 4 is 21.6 Å². The molecule has 0 atom stereocenters. The van der Waals surface area contributed by atoms with Gasteiger partial charge in [-0.3, -0.25) is 0 Å². The summed E-state index contributed by atoms with van der Waals surface area (Å²) < 4.78 is 1.08. The Bertz CT molecular complexity index is 355. The monoisotopic (exact) mass is 237 g/mol. The van der Waals surface area contributed by atoms with E-state index in [1.807, 2.05) is 18.2 Å². The first kappa shape index (κ1) is 10.3. The summed E-state index contributed by atoms with van der Waals surface area (Å²) in [6.07, 6.45) is 0. The minimum atomic E-state index is 0.0829. The predicted octanol–water partition coefficient (Wildman–Crippen LogP) is 4.30. The summed E-state index contributed by atoms with van der Waals surface area (Å²) in [7, 11) is 0. The Kier molecular flexibility index (Phi) is 2.77. The van der Waals surface area contributed by atoms with E-state index in [0.717, 1.165) is 4.47 Å². The van der Waals surface area contributed by atoms with Crippen molar-refractivity contribution < 1.29 is 0 Å². The Balaban J connectivity index is 3.29. The molecule has 1 nitrogen and oxygen atoms in total. The average molecular weight is 238 g/mol. The first-order valence-electron chi connectivity index (χ1n) is 4.12. The third kappa shape index (κ3) is 2.32. The van der Waals surface area contributed by atoms with E-state index in [0.29, 0.717) is 5.69 Å². The lowest BCUT2D eigenvalue weighted by atomic mass is 9.87. The molecule has 1 aromatic rings. The lowest BCUT2D eigenvalue weighted by Crippen LogP contribution is -2.11. The molecule has 0 amide bonds. The zero-order valence-electron chi connectivity index (χ0n) is 8.06. The van der Waals surface area contributed by atoms with Crippen LogP contribution in [-0.4, -0.2) is 0 Å². The summed E-state index contributed by atoms with van der Waals surface area (Å²) >= 11 is 3.49. The van der Waals surface area contributed by atoms with Crippen molar-refractivity contribution in [3.63, 3.8) is 0 Å². The molecule has 0 radical (unpaired) electrons. The fourth-order valence-corrected chi connectivity index (χ4v) is 2.00. The van der Waals surface area contributed by atoms with E-state index in [4.69, 9.17) is 6.57 Å². The minimum Gasteiger partial charge on any atom is -0.238 e. The van der Waals surface area contributed by atoms with Gasteiger partial charge in [-0.2, -0.15) is 0 Å². The second-order valence-corrected chi connectivity index (χ2v) is 4.88. The van der Waals surface area contributed by atoms with Crippen LogP contribution in [0.1, 0.15) is 26.3 Å². The molecule has 0 saturated carbocycles. The molecule has 0 unspecified atom stereocenters. The molecule has 13 heavy (non-hydrogen) atoms. The average Bonchev–Trinajstić information content (AvgIpc) is 2.03. The maximum Gasteiger partial charge on any atom is 0.187 e. The van der Waals surface area contributed by atoms with Crippen LogP contribution in [0.2, 0.25) is 0 Å². The van der Waals surface area contributed by atoms with Gasteiger partial charge in [-0.15, -0.1) is 0 Å². The summed E-state index contributed by atoms with van der Waals surface area (Å²) in [5, 5.41) is 0. The van der Waals surface area contributed by atoms with Crippen LogP contribution in [0.15, 0.2) is 22.7 Å². The van der Waals surface area contributed by atoms with Gasteiger partial charge in [0.1, 0.15) is 0 Å². The van der Waals surface area contributed by atoms with Crippen molar-refractivity contribution in [3.8, 4) is 0 Å². The van der Waals surface area contributed by atoms with E-state index in [1.165, 1.54) is 5.56 Å². The standard InChI is InChI=1S/C11H12BrN/c1-11(2,3)9-7-8(13-4)5-6-10(9)12/h5-7H,1-3H3. The maximum atomic E-state index is 6.93. The van der Waals surface area contributed by atoms with Crippen LogP contribution in [0.5, 0.6) is 0 Å². The van der Waals surface area contributed by atoms with Crippen molar-refractivity contribution in [2.24, 2.45) is 0 Å². The second kappa shape index (κ2) is 3.51. The minimum absolute atomic E-state index is 0.0829. The van der Waals surface area contributed by atoms with Crippen LogP contribution >= 0.6 is 15.9 Å². The number of rotatable bonds is 0. The number of halogens is 1. The van der Waals surface area contributed by atoms with Gasteiger partial charge in [-0.1, -0.05) is 54.9 Å². The molecule has 68 valence electrons. The molecule has 0 aliphatic heterocycles. The first-order chi connectivity index (χ1) is 5.95. The van der Waals surface area contributed by atoms with Gasteiger partial charge < -0.3 is 0 Å². The van der Waals surface area contributed by atoms with Gasteiger partial charge in [0.15, 0.2) is 5.69 Å². The largest absolute Gasteiger partial charge is 0.238 e. The summed E-state index contributed by atoms with van der Waals surface area (Å²) in [6.45, 7) is 13.3. The van der Waals surface area contributed by atoms with Gasteiger partial charge in [-0.05, 0) is 11.0 Å². The van der Waals surface area contributed by atoms with E-state index in [1.54, 1.807) is 0 Å². The highest BCUT2D eigenvalue weighted by molar-refractivity contribution is 9.10. The zero-order chi connectivity index (χ0) is 10.1. The van der Waals surface area contributed by atoms with E-state index in [-0.39, 0.29) is 5.41 Å². The highest BCUT2D eigenvalue weighted by atomic mass is 79.9. The van der Waals surface area contributed by atoms with Crippen LogP contribution < -0.4 is 0 Å². The van der Waals surface area contributed by atoms with Gasteiger partial charge in [0.25, 0.3) is 0 Å². The predicted molar refractivity (Wildman–Crippen MR) is 59.1 cm³/mol. The lowest BCUT2D eigenvalue weighted by Gasteiger charge is -2.21. The molecule has 0 aliphatic rings. The Hall–Kier alpha value is -0.810. The Morgan fingerprint density at radius 1 is 1.31 bits per heavy atom. The maximum absolute atomic E-state index is 6.93. The van der Waals surface area contributed by atoms with Crippen molar-refractivity contribution in [2.75, 3.05) is 0 Å². The molecule has 0 aromatic heterocycles. The summed E-state index contributed by atoms with van der Waals surface area (Å²) in [6, 6.07) is 5.71. The first-order valence-corrected chi connectivity index (χ1v) is 4.92. The fraction of sp³-hybridized carbons (Fsp3) is 0.364. The van der Waals surface area contributed by atoms with Crippen molar-refractivity contribution in [1.29, 1.82) is 0 Å². The van der Waals surface area contributed by atoms with Gasteiger partial charge in [0, 0.05) is 4.47 Å². The molecule has 1 rings (SSSR count). The molecule has 0 saturated heterocycles. The van der Waals surface area contributed by atoms with Crippen molar-refractivity contribution in [1.82, 2.24) is 0 Å². The van der Waals surface area contributed by atoms with Crippen molar-refractivity contribution in [3.05, 3.63) is 39.7 Å².